The third kappa shape index (κ3) is 9.23. The quantitative estimate of drug-likeness (QED) is 0.242. The number of nitrogens with one attached hydrogen (secondary N) is 3. The van der Waals surface area contributed by atoms with Gasteiger partial charge in [0, 0.05) is 0 Å². The van der Waals surface area contributed by atoms with Crippen molar-refractivity contribution in [1.29, 1.82) is 0 Å². The highest BCUT2D eigenvalue weighted by Crippen LogP contribution is 2.07. The maximum atomic E-state index is 12.6. The molecular formula is C19H36N4O6. The first-order chi connectivity index (χ1) is 13.3. The van der Waals surface area contributed by atoms with E-state index in [1.165, 1.54) is 0 Å². The first kappa shape index (κ1) is 26.8. The number of amides is 3. The van der Waals surface area contributed by atoms with Crippen LogP contribution in [0.25, 0.3) is 0 Å². The Labute approximate surface area is 172 Å². The van der Waals surface area contributed by atoms with E-state index < -0.39 is 60.4 Å². The maximum absolute atomic E-state index is 12.6. The summed E-state index contributed by atoms with van der Waals surface area (Å²) in [6.45, 7) is 9.79. The smallest absolute Gasteiger partial charge is 0.326 e. The van der Waals surface area contributed by atoms with Crippen molar-refractivity contribution in [3.63, 3.8) is 0 Å². The molecule has 10 heteroatoms. The van der Waals surface area contributed by atoms with E-state index in [4.69, 9.17) is 5.73 Å². The van der Waals surface area contributed by atoms with Crippen LogP contribution >= 0.6 is 0 Å². The number of nitrogens with two attached hydrogens (primary N) is 1. The van der Waals surface area contributed by atoms with Gasteiger partial charge in [0.15, 0.2) is 0 Å². The van der Waals surface area contributed by atoms with Crippen molar-refractivity contribution in [2.45, 2.75) is 72.1 Å². The van der Waals surface area contributed by atoms with Crippen LogP contribution in [0.15, 0.2) is 0 Å². The van der Waals surface area contributed by atoms with E-state index in [-0.39, 0.29) is 11.8 Å². The molecule has 7 N–H and O–H groups in total. The monoisotopic (exact) mass is 416 g/mol. The molecule has 0 aromatic rings. The minimum Gasteiger partial charge on any atom is -0.480 e. The molecule has 0 fully saturated rings. The number of carboxylic acid groups (broad SMARTS) is 1. The van der Waals surface area contributed by atoms with Crippen molar-refractivity contribution in [2.75, 3.05) is 6.61 Å². The Bertz CT molecular complexity index is 579. The summed E-state index contributed by atoms with van der Waals surface area (Å²) >= 11 is 0. The van der Waals surface area contributed by atoms with Crippen LogP contribution in [0, 0.1) is 17.8 Å². The summed E-state index contributed by atoms with van der Waals surface area (Å²) in [5, 5.41) is 25.9. The molecule has 168 valence electrons. The highest BCUT2D eigenvalue weighted by atomic mass is 16.4. The molecule has 0 aromatic heterocycles. The van der Waals surface area contributed by atoms with E-state index in [0.29, 0.717) is 6.42 Å². The molecule has 4 atom stereocenters. The molecule has 4 unspecified atom stereocenters. The number of aliphatic hydroxyl groups excluding tert-OH is 1. The lowest BCUT2D eigenvalue weighted by Gasteiger charge is -2.27. The summed E-state index contributed by atoms with van der Waals surface area (Å²) in [6, 6.07) is -4.26. The van der Waals surface area contributed by atoms with Gasteiger partial charge in [0.05, 0.1) is 12.6 Å². The normalized spacial score (nSPS) is 15.6. The Morgan fingerprint density at radius 2 is 1.28 bits per heavy atom. The van der Waals surface area contributed by atoms with Gasteiger partial charge in [0.1, 0.15) is 18.1 Å². The average molecular weight is 417 g/mol. The first-order valence-electron chi connectivity index (χ1n) is 9.82. The van der Waals surface area contributed by atoms with Crippen molar-refractivity contribution >= 4 is 23.7 Å². The number of aliphatic hydroxyl groups is 1. The van der Waals surface area contributed by atoms with E-state index >= 15 is 0 Å². The second kappa shape index (κ2) is 12.4. The average Bonchev–Trinajstić information content (AvgIpc) is 2.59. The third-order valence-electron chi connectivity index (χ3n) is 4.36. The molecule has 0 saturated heterocycles. The van der Waals surface area contributed by atoms with Crippen molar-refractivity contribution in [3.05, 3.63) is 0 Å². The van der Waals surface area contributed by atoms with Gasteiger partial charge in [0.2, 0.25) is 17.7 Å². The van der Waals surface area contributed by atoms with Gasteiger partial charge < -0.3 is 31.9 Å². The van der Waals surface area contributed by atoms with E-state index in [1.54, 1.807) is 27.7 Å². The number of carboxylic acids is 1. The van der Waals surface area contributed by atoms with Crippen LogP contribution < -0.4 is 21.7 Å². The lowest BCUT2D eigenvalue weighted by atomic mass is 10.00. The number of hydrogen-bond donors (Lipinski definition) is 6. The van der Waals surface area contributed by atoms with Gasteiger partial charge in [-0.2, -0.15) is 0 Å². The molecule has 3 amide bonds. The van der Waals surface area contributed by atoms with Crippen LogP contribution in [-0.2, 0) is 19.2 Å². The number of hydrogen-bond acceptors (Lipinski definition) is 6. The van der Waals surface area contributed by atoms with E-state index in [0.717, 1.165) is 0 Å². The molecule has 0 bridgehead atoms. The molecule has 0 spiro atoms. The van der Waals surface area contributed by atoms with Gasteiger partial charge in [-0.15, -0.1) is 0 Å². The molecule has 0 aliphatic heterocycles. The Morgan fingerprint density at radius 1 is 0.793 bits per heavy atom. The topological polar surface area (TPSA) is 171 Å². The molecule has 0 radical (unpaired) electrons. The first-order valence-corrected chi connectivity index (χ1v) is 9.82. The standard InChI is InChI=1S/C19H36N4O6/c1-9(2)7-12(20)16(25)22-14(10(3)4)18(27)21-13(8-24)17(26)23-15(11(5)6)19(28)29/h9-15,24H,7-8,20H2,1-6H3,(H,21,27)(H,22,25)(H,23,26)(H,28,29). The zero-order chi connectivity index (χ0) is 22.9. The van der Waals surface area contributed by atoms with E-state index in [9.17, 15) is 29.4 Å². The van der Waals surface area contributed by atoms with Crippen LogP contribution in [0.4, 0.5) is 0 Å². The lowest BCUT2D eigenvalue weighted by Crippen LogP contribution is -2.59. The van der Waals surface area contributed by atoms with E-state index in [2.05, 4.69) is 16.0 Å². The van der Waals surface area contributed by atoms with Gasteiger partial charge >= 0.3 is 5.97 Å². The van der Waals surface area contributed by atoms with Crippen LogP contribution in [-0.4, -0.2) is 64.7 Å². The summed E-state index contributed by atoms with van der Waals surface area (Å²) in [6.07, 6.45) is 0.450. The van der Waals surface area contributed by atoms with Crippen LogP contribution in [0.3, 0.4) is 0 Å². The zero-order valence-electron chi connectivity index (χ0n) is 18.1. The van der Waals surface area contributed by atoms with Crippen molar-refractivity contribution < 1.29 is 29.4 Å². The highest BCUT2D eigenvalue weighted by Gasteiger charge is 2.32. The molecule has 0 rings (SSSR count). The van der Waals surface area contributed by atoms with Gasteiger partial charge in [-0.3, -0.25) is 14.4 Å². The van der Waals surface area contributed by atoms with Crippen LogP contribution in [0.1, 0.15) is 48.0 Å². The van der Waals surface area contributed by atoms with Crippen LogP contribution in [0.2, 0.25) is 0 Å². The molecule has 10 nitrogen and oxygen atoms in total. The molecule has 29 heavy (non-hydrogen) atoms. The SMILES string of the molecule is CC(C)CC(N)C(=O)NC(C(=O)NC(CO)C(=O)NC(C(=O)O)C(C)C)C(C)C. The Hall–Kier alpha value is -2.20. The molecule has 0 aromatic carbocycles. The van der Waals surface area contributed by atoms with Gasteiger partial charge in [-0.1, -0.05) is 41.5 Å². The minimum absolute atomic E-state index is 0.202. The summed E-state index contributed by atoms with van der Waals surface area (Å²) in [4.78, 5) is 48.5. The zero-order valence-corrected chi connectivity index (χ0v) is 18.1. The number of carbonyl (C=O) groups is 4. The fourth-order valence-electron chi connectivity index (χ4n) is 2.63. The van der Waals surface area contributed by atoms with Gasteiger partial charge in [-0.05, 0) is 24.2 Å². The second-order valence-electron chi connectivity index (χ2n) is 8.28. The Kier molecular flexibility index (Phi) is 11.4. The fraction of sp³-hybridized carbons (Fsp3) is 0.789. The summed E-state index contributed by atoms with van der Waals surface area (Å²) < 4.78 is 0. The Morgan fingerprint density at radius 3 is 1.66 bits per heavy atom. The summed E-state index contributed by atoms with van der Waals surface area (Å²) in [5.41, 5.74) is 5.85. The van der Waals surface area contributed by atoms with Crippen molar-refractivity contribution in [2.24, 2.45) is 23.5 Å². The largest absolute Gasteiger partial charge is 0.480 e. The predicted octanol–water partition coefficient (Wildman–Crippen LogP) is -0.797. The number of rotatable bonds is 12. The van der Waals surface area contributed by atoms with E-state index in [1.807, 2.05) is 13.8 Å². The Balaban J connectivity index is 5.15. The summed E-state index contributed by atoms with van der Waals surface area (Å²) in [7, 11) is 0. The van der Waals surface area contributed by atoms with Crippen molar-refractivity contribution in [1.82, 2.24) is 16.0 Å². The third-order valence-corrected chi connectivity index (χ3v) is 4.36. The number of carbonyl (C=O) groups excluding carboxylic acids is 3. The molecule has 0 saturated carbocycles. The maximum Gasteiger partial charge on any atom is 0.326 e. The molecule has 0 heterocycles. The molecule has 0 aliphatic carbocycles. The second-order valence-corrected chi connectivity index (χ2v) is 8.28. The molecule has 0 aliphatic rings. The van der Waals surface area contributed by atoms with Crippen molar-refractivity contribution in [3.8, 4) is 0 Å². The highest BCUT2D eigenvalue weighted by molar-refractivity contribution is 5.94. The molecular weight excluding hydrogens is 380 g/mol. The lowest BCUT2D eigenvalue weighted by molar-refractivity contribution is -0.144. The minimum atomic E-state index is -1.36. The predicted molar refractivity (Wildman–Crippen MR) is 108 cm³/mol. The van der Waals surface area contributed by atoms with Crippen LogP contribution in [0.5, 0.6) is 0 Å². The number of aliphatic carboxylic acids is 1. The summed E-state index contributed by atoms with van der Waals surface area (Å²) in [5.74, 6) is -3.70. The van der Waals surface area contributed by atoms with Gasteiger partial charge in [-0.25, -0.2) is 4.79 Å². The fourth-order valence-corrected chi connectivity index (χ4v) is 2.63. The van der Waals surface area contributed by atoms with Gasteiger partial charge in [0.25, 0.3) is 0 Å².